The van der Waals surface area contributed by atoms with Crippen molar-refractivity contribution in [1.29, 1.82) is 0 Å². The molecule has 0 fully saturated rings. The van der Waals surface area contributed by atoms with Crippen molar-refractivity contribution in [2.24, 2.45) is 11.3 Å². The number of carboxylic acid groups (broad SMARTS) is 2. The van der Waals surface area contributed by atoms with E-state index in [1.54, 1.807) is 13.8 Å². The van der Waals surface area contributed by atoms with E-state index in [1.807, 2.05) is 0 Å². The molecule has 0 aliphatic heterocycles. The number of aliphatic carboxylic acids is 2. The first-order valence-corrected chi connectivity index (χ1v) is 7.36. The average molecular weight is 314 g/mol. The van der Waals surface area contributed by atoms with Crippen LogP contribution in [-0.2, 0) is 9.59 Å². The molecule has 0 atom stereocenters. The molecule has 0 aromatic heterocycles. The number of carbonyl (C=O) groups is 2. The molecule has 0 saturated carbocycles. The Balaban J connectivity index is 0. The van der Waals surface area contributed by atoms with E-state index in [2.05, 4.69) is 6.92 Å². The molecule has 0 saturated heterocycles. The predicted octanol–water partition coefficient (Wildman–Crippen LogP) is 3.02. The van der Waals surface area contributed by atoms with Crippen molar-refractivity contribution in [1.82, 2.24) is 0 Å². The van der Waals surface area contributed by atoms with Gasteiger partial charge >= 0.3 is 49.7 Å². The zero-order valence-electron chi connectivity index (χ0n) is 12.4. The molecule has 0 spiro atoms. The van der Waals surface area contributed by atoms with Crippen molar-refractivity contribution >= 4 is 49.7 Å². The van der Waals surface area contributed by atoms with Crippen LogP contribution in [0.1, 0.15) is 72.1 Å². The van der Waals surface area contributed by atoms with Crippen LogP contribution in [0.25, 0.3) is 0 Å². The summed E-state index contributed by atoms with van der Waals surface area (Å²) >= 11 is 0. The van der Waals surface area contributed by atoms with Crippen molar-refractivity contribution in [3.05, 3.63) is 0 Å². The summed E-state index contributed by atoms with van der Waals surface area (Å²) in [5.41, 5.74) is -1.62. The molecule has 0 bridgehead atoms. The predicted molar refractivity (Wildman–Crippen MR) is 83.7 cm³/mol. The van der Waals surface area contributed by atoms with E-state index < -0.39 is 23.3 Å². The van der Waals surface area contributed by atoms with Crippen molar-refractivity contribution in [3.8, 4) is 0 Å². The van der Waals surface area contributed by atoms with Crippen LogP contribution in [-0.4, -0.2) is 59.9 Å². The Morgan fingerprint density at radius 1 is 0.900 bits per heavy atom. The third-order valence-electron chi connectivity index (χ3n) is 3.92. The molecule has 0 heterocycles. The second kappa shape index (κ2) is 11.8. The minimum absolute atomic E-state index is 0. The molecule has 0 rings (SSSR count). The average Bonchev–Trinajstić information content (AvgIpc) is 2.31. The fourth-order valence-electron chi connectivity index (χ4n) is 2.45. The summed E-state index contributed by atoms with van der Waals surface area (Å²) in [7, 11) is 0. The van der Waals surface area contributed by atoms with Crippen molar-refractivity contribution in [3.63, 3.8) is 0 Å². The van der Waals surface area contributed by atoms with Gasteiger partial charge in [-0.25, -0.2) is 0 Å². The van der Waals surface area contributed by atoms with E-state index in [0.717, 1.165) is 19.3 Å². The summed E-state index contributed by atoms with van der Waals surface area (Å²) in [6.45, 7) is 5.50. The van der Waals surface area contributed by atoms with Gasteiger partial charge in [0.25, 0.3) is 0 Å². The molecular formula is C15H30CaO4. The third kappa shape index (κ3) is 6.77. The summed E-state index contributed by atoms with van der Waals surface area (Å²) in [5.74, 6) is -2.82. The van der Waals surface area contributed by atoms with Gasteiger partial charge in [0.1, 0.15) is 0 Å². The van der Waals surface area contributed by atoms with E-state index in [4.69, 9.17) is 0 Å². The molecule has 2 N–H and O–H groups in total. The quantitative estimate of drug-likeness (QED) is 0.349. The number of hydrogen-bond acceptors (Lipinski definition) is 2. The van der Waals surface area contributed by atoms with Crippen LogP contribution >= 0.6 is 0 Å². The van der Waals surface area contributed by atoms with Gasteiger partial charge in [0.05, 0.1) is 0 Å². The molecule has 0 aliphatic carbocycles. The second-order valence-corrected chi connectivity index (χ2v) is 5.61. The maximum absolute atomic E-state index is 11.3. The van der Waals surface area contributed by atoms with Crippen LogP contribution in [0.2, 0.25) is 0 Å². The molecule has 116 valence electrons. The molecular weight excluding hydrogens is 284 g/mol. The van der Waals surface area contributed by atoms with Crippen molar-refractivity contribution in [2.45, 2.75) is 72.1 Å². The minimum atomic E-state index is -1.62. The summed E-state index contributed by atoms with van der Waals surface area (Å²) in [6, 6.07) is 0. The van der Waals surface area contributed by atoms with Gasteiger partial charge in [-0.05, 0) is 12.3 Å². The third-order valence-corrected chi connectivity index (χ3v) is 3.92. The summed E-state index contributed by atoms with van der Waals surface area (Å²) in [6.07, 6.45) is 7.68. The van der Waals surface area contributed by atoms with E-state index >= 15 is 0 Å². The monoisotopic (exact) mass is 314 g/mol. The number of hydrogen-bond donors (Lipinski definition) is 2. The fraction of sp³-hybridized carbons (Fsp3) is 0.867. The van der Waals surface area contributed by atoms with Gasteiger partial charge < -0.3 is 10.2 Å². The number of rotatable bonds is 11. The Morgan fingerprint density at radius 2 is 1.30 bits per heavy atom. The Hall–Kier alpha value is 0.200. The Labute approximate surface area is 152 Å². The SMILES string of the molecule is CCCCCCCCCC(C(=O)O)(C(=O)O)C(C)C.[CaH2]. The molecule has 0 aromatic carbocycles. The summed E-state index contributed by atoms with van der Waals surface area (Å²) < 4.78 is 0. The molecule has 0 aromatic rings. The van der Waals surface area contributed by atoms with Crippen molar-refractivity contribution in [2.75, 3.05) is 0 Å². The normalized spacial score (nSPS) is 11.2. The maximum atomic E-state index is 11.3. The van der Waals surface area contributed by atoms with Crippen LogP contribution in [0, 0.1) is 11.3 Å². The Kier molecular flexibility index (Phi) is 13.3. The van der Waals surface area contributed by atoms with Gasteiger partial charge in [-0.3, -0.25) is 9.59 Å². The molecule has 20 heavy (non-hydrogen) atoms. The van der Waals surface area contributed by atoms with E-state index in [9.17, 15) is 19.8 Å². The summed E-state index contributed by atoms with van der Waals surface area (Å²) in [4.78, 5) is 22.7. The molecule has 4 nitrogen and oxygen atoms in total. The first-order valence-electron chi connectivity index (χ1n) is 7.36. The molecule has 0 aliphatic rings. The zero-order valence-corrected chi connectivity index (χ0v) is 12.4. The van der Waals surface area contributed by atoms with Gasteiger partial charge in [0.2, 0.25) is 0 Å². The fourth-order valence-corrected chi connectivity index (χ4v) is 2.45. The molecule has 0 radical (unpaired) electrons. The van der Waals surface area contributed by atoms with Crippen LogP contribution in [0.5, 0.6) is 0 Å². The first-order chi connectivity index (χ1) is 8.89. The van der Waals surface area contributed by atoms with Crippen LogP contribution in [0.4, 0.5) is 0 Å². The first kappa shape index (κ1) is 22.5. The second-order valence-electron chi connectivity index (χ2n) is 5.61. The zero-order chi connectivity index (χ0) is 14.9. The van der Waals surface area contributed by atoms with Crippen molar-refractivity contribution < 1.29 is 19.8 Å². The van der Waals surface area contributed by atoms with Crippen LogP contribution < -0.4 is 0 Å². The van der Waals surface area contributed by atoms with Gasteiger partial charge in [-0.15, -0.1) is 0 Å². The topological polar surface area (TPSA) is 74.6 Å². The standard InChI is InChI=1S/C15H28O4.Ca.2H/c1-4-5-6-7-8-9-10-11-15(12(2)3,13(16)17)14(18)19;;;/h12H,4-11H2,1-3H3,(H,16,17)(H,18,19);;;. The van der Waals surface area contributed by atoms with Gasteiger partial charge in [-0.2, -0.15) is 0 Å². The van der Waals surface area contributed by atoms with Crippen LogP contribution in [0.15, 0.2) is 0 Å². The molecule has 0 unspecified atom stereocenters. The Bertz CT molecular complexity index is 276. The number of unbranched alkanes of at least 4 members (excludes halogenated alkanes) is 6. The van der Waals surface area contributed by atoms with Gasteiger partial charge in [0, 0.05) is 0 Å². The van der Waals surface area contributed by atoms with Gasteiger partial charge in [0.15, 0.2) is 5.41 Å². The van der Waals surface area contributed by atoms with E-state index in [0.29, 0.717) is 6.42 Å². The van der Waals surface area contributed by atoms with Crippen LogP contribution in [0.3, 0.4) is 0 Å². The molecule has 5 heteroatoms. The molecule has 0 amide bonds. The number of carboxylic acids is 2. The van der Waals surface area contributed by atoms with E-state index in [-0.39, 0.29) is 44.2 Å². The Morgan fingerprint density at radius 3 is 1.65 bits per heavy atom. The van der Waals surface area contributed by atoms with Gasteiger partial charge in [-0.1, -0.05) is 65.7 Å². The summed E-state index contributed by atoms with van der Waals surface area (Å²) in [5, 5.41) is 18.5. The van der Waals surface area contributed by atoms with E-state index in [1.165, 1.54) is 19.3 Å².